The van der Waals surface area contributed by atoms with Gasteiger partial charge in [-0.2, -0.15) is 0 Å². The second-order valence-electron chi connectivity index (χ2n) is 12.6. The third-order valence-corrected chi connectivity index (χ3v) is 10.9. The lowest BCUT2D eigenvalue weighted by Gasteiger charge is -2.15. The first kappa shape index (κ1) is 28.6. The SMILES string of the molecule is c1ccc(-c2ccc3sc4c(ccc5c6cc(-c7ccccc7)ccc6n(-c6cnc(-c7ccccc7)nc6-c6ccccc6)c54)c3c2)cc1. The van der Waals surface area contributed by atoms with Gasteiger partial charge in [-0.15, -0.1) is 11.3 Å². The molecule has 0 unspecified atom stereocenters. The van der Waals surface area contributed by atoms with Crippen molar-refractivity contribution in [3.05, 3.63) is 176 Å². The molecule has 0 aliphatic rings. The normalized spacial score (nSPS) is 11.6. The quantitative estimate of drug-likeness (QED) is 0.185. The molecule has 0 radical (unpaired) electrons. The molecule has 234 valence electrons. The van der Waals surface area contributed by atoms with Crippen LogP contribution in [0.15, 0.2) is 176 Å². The number of aromatic nitrogens is 3. The van der Waals surface area contributed by atoms with E-state index in [0.29, 0.717) is 5.82 Å². The van der Waals surface area contributed by atoms with Crippen molar-refractivity contribution < 1.29 is 0 Å². The van der Waals surface area contributed by atoms with E-state index in [1.165, 1.54) is 58.7 Å². The molecule has 3 aromatic heterocycles. The van der Waals surface area contributed by atoms with Crippen molar-refractivity contribution in [3.8, 4) is 50.6 Å². The zero-order valence-electron chi connectivity index (χ0n) is 27.0. The van der Waals surface area contributed by atoms with E-state index < -0.39 is 0 Å². The number of fused-ring (bicyclic) bond motifs is 7. The molecular weight excluding hydrogens is 627 g/mol. The third-order valence-electron chi connectivity index (χ3n) is 9.67. The van der Waals surface area contributed by atoms with E-state index in [4.69, 9.17) is 9.97 Å². The minimum atomic E-state index is 0.709. The Morgan fingerprint density at radius 3 is 1.66 bits per heavy atom. The second kappa shape index (κ2) is 11.7. The molecule has 0 spiro atoms. The van der Waals surface area contributed by atoms with Gasteiger partial charge in [-0.1, -0.05) is 146 Å². The van der Waals surface area contributed by atoms with Gasteiger partial charge in [0.15, 0.2) is 5.82 Å². The molecule has 0 saturated carbocycles. The molecule has 10 rings (SSSR count). The second-order valence-corrected chi connectivity index (χ2v) is 13.7. The van der Waals surface area contributed by atoms with Crippen molar-refractivity contribution in [2.75, 3.05) is 0 Å². The van der Waals surface area contributed by atoms with Crippen molar-refractivity contribution in [2.45, 2.75) is 0 Å². The predicted molar refractivity (Wildman–Crippen MR) is 211 cm³/mol. The van der Waals surface area contributed by atoms with Crippen LogP contribution < -0.4 is 0 Å². The number of benzene rings is 7. The van der Waals surface area contributed by atoms with E-state index in [2.05, 4.69) is 156 Å². The van der Waals surface area contributed by atoms with Crippen LogP contribution in [0.25, 0.3) is 92.6 Å². The highest BCUT2D eigenvalue weighted by molar-refractivity contribution is 7.26. The van der Waals surface area contributed by atoms with Crippen molar-refractivity contribution in [2.24, 2.45) is 0 Å². The van der Waals surface area contributed by atoms with E-state index in [9.17, 15) is 0 Å². The fourth-order valence-electron chi connectivity index (χ4n) is 7.28. The largest absolute Gasteiger partial charge is 0.304 e. The summed E-state index contributed by atoms with van der Waals surface area (Å²) < 4.78 is 4.94. The minimum absolute atomic E-state index is 0.709. The Labute approximate surface area is 293 Å². The van der Waals surface area contributed by atoms with Gasteiger partial charge in [0.2, 0.25) is 0 Å². The Balaban J connectivity index is 1.31. The molecule has 0 saturated heterocycles. The molecule has 3 nitrogen and oxygen atoms in total. The zero-order valence-corrected chi connectivity index (χ0v) is 27.8. The van der Waals surface area contributed by atoms with Crippen LogP contribution in [0.5, 0.6) is 0 Å². The predicted octanol–water partition coefficient (Wildman–Crippen LogP) is 12.6. The topological polar surface area (TPSA) is 30.7 Å². The Kier molecular flexibility index (Phi) is 6.68. The minimum Gasteiger partial charge on any atom is -0.304 e. The Morgan fingerprint density at radius 1 is 0.440 bits per heavy atom. The summed E-state index contributed by atoms with van der Waals surface area (Å²) >= 11 is 1.86. The Hall–Kier alpha value is -6.36. The summed E-state index contributed by atoms with van der Waals surface area (Å²) in [5.41, 5.74) is 11.0. The van der Waals surface area contributed by atoms with Gasteiger partial charge in [0.25, 0.3) is 0 Å². The van der Waals surface area contributed by atoms with E-state index in [0.717, 1.165) is 28.0 Å². The van der Waals surface area contributed by atoms with Crippen LogP contribution in [-0.4, -0.2) is 14.5 Å². The molecule has 10 aromatic rings. The summed E-state index contributed by atoms with van der Waals surface area (Å²) in [4.78, 5) is 10.3. The molecular formula is C46H29N3S. The number of hydrogen-bond donors (Lipinski definition) is 0. The van der Waals surface area contributed by atoms with Crippen LogP contribution in [0.2, 0.25) is 0 Å². The smallest absolute Gasteiger partial charge is 0.159 e. The highest BCUT2D eigenvalue weighted by Gasteiger charge is 2.22. The average Bonchev–Trinajstić information content (AvgIpc) is 3.74. The molecule has 0 aliphatic heterocycles. The molecule has 0 amide bonds. The van der Waals surface area contributed by atoms with E-state index in [1.807, 2.05) is 35.7 Å². The highest BCUT2D eigenvalue weighted by Crippen LogP contribution is 2.45. The van der Waals surface area contributed by atoms with Gasteiger partial charge in [-0.3, -0.25) is 0 Å². The van der Waals surface area contributed by atoms with Crippen molar-refractivity contribution >= 4 is 53.3 Å². The van der Waals surface area contributed by atoms with Crippen molar-refractivity contribution in [1.29, 1.82) is 0 Å². The molecule has 0 fully saturated rings. The lowest BCUT2D eigenvalue weighted by atomic mass is 10.0. The highest BCUT2D eigenvalue weighted by atomic mass is 32.1. The zero-order chi connectivity index (χ0) is 33.0. The van der Waals surface area contributed by atoms with Crippen LogP contribution in [0.3, 0.4) is 0 Å². The monoisotopic (exact) mass is 655 g/mol. The molecule has 0 aliphatic carbocycles. The summed E-state index contributed by atoms with van der Waals surface area (Å²) in [5, 5.41) is 4.95. The van der Waals surface area contributed by atoms with Crippen LogP contribution in [0, 0.1) is 0 Å². The molecule has 0 N–H and O–H groups in total. The fourth-order valence-corrected chi connectivity index (χ4v) is 8.50. The first-order valence-corrected chi connectivity index (χ1v) is 17.6. The van der Waals surface area contributed by atoms with Crippen molar-refractivity contribution in [3.63, 3.8) is 0 Å². The van der Waals surface area contributed by atoms with Gasteiger partial charge >= 0.3 is 0 Å². The van der Waals surface area contributed by atoms with Gasteiger partial charge in [0.05, 0.1) is 33.3 Å². The average molecular weight is 656 g/mol. The standard InChI is InChI=1S/C46H29N3S/c1-5-13-30(14-6-1)34-21-25-40-38(27-34)36-23-24-37-39-28-35(31-15-7-2-8-16-31)22-26-42(39)50-45(37)44(36)49(40)41-29-47-46(33-19-11-4-12-20-33)48-43(41)32-17-9-3-10-18-32/h1-29H. The van der Waals surface area contributed by atoms with E-state index >= 15 is 0 Å². The van der Waals surface area contributed by atoms with Gasteiger partial charge < -0.3 is 4.57 Å². The van der Waals surface area contributed by atoms with Gasteiger partial charge in [-0.25, -0.2) is 9.97 Å². The maximum Gasteiger partial charge on any atom is 0.159 e. The lowest BCUT2D eigenvalue weighted by molar-refractivity contribution is 1.09. The number of nitrogens with zero attached hydrogens (tertiary/aromatic N) is 3. The number of rotatable bonds is 5. The number of thiophene rings is 1. The Bertz CT molecular complexity index is 2840. The molecule has 0 bridgehead atoms. The van der Waals surface area contributed by atoms with Crippen LogP contribution in [-0.2, 0) is 0 Å². The molecule has 4 heteroatoms. The Morgan fingerprint density at radius 2 is 1.00 bits per heavy atom. The maximum absolute atomic E-state index is 5.29. The maximum atomic E-state index is 5.29. The molecule has 50 heavy (non-hydrogen) atoms. The summed E-state index contributed by atoms with van der Waals surface area (Å²) in [5.74, 6) is 0.709. The van der Waals surface area contributed by atoms with Crippen LogP contribution in [0.4, 0.5) is 0 Å². The van der Waals surface area contributed by atoms with Crippen LogP contribution >= 0.6 is 11.3 Å². The summed E-state index contributed by atoms with van der Waals surface area (Å²) in [6.07, 6.45) is 2.02. The van der Waals surface area contributed by atoms with Gasteiger partial charge in [0.1, 0.15) is 0 Å². The summed E-state index contributed by atoms with van der Waals surface area (Å²) in [7, 11) is 0. The van der Waals surface area contributed by atoms with E-state index in [-0.39, 0.29) is 0 Å². The van der Waals surface area contributed by atoms with Crippen LogP contribution in [0.1, 0.15) is 0 Å². The fraction of sp³-hybridized carbons (Fsp3) is 0. The lowest BCUT2D eigenvalue weighted by Crippen LogP contribution is -2.02. The summed E-state index contributed by atoms with van der Waals surface area (Å²) in [6, 6.07) is 60.4. The van der Waals surface area contributed by atoms with Gasteiger partial charge in [-0.05, 0) is 46.5 Å². The molecule has 3 heterocycles. The molecule has 7 aromatic carbocycles. The summed E-state index contributed by atoms with van der Waals surface area (Å²) in [6.45, 7) is 0. The van der Waals surface area contributed by atoms with Crippen molar-refractivity contribution in [1.82, 2.24) is 14.5 Å². The first-order chi connectivity index (χ1) is 24.8. The van der Waals surface area contributed by atoms with E-state index in [1.54, 1.807) is 0 Å². The first-order valence-electron chi connectivity index (χ1n) is 16.8. The van der Waals surface area contributed by atoms with Gasteiger partial charge in [0, 0.05) is 37.4 Å². The number of hydrogen-bond acceptors (Lipinski definition) is 3. The third kappa shape index (κ3) is 4.65. The molecule has 0 atom stereocenters.